The summed E-state index contributed by atoms with van der Waals surface area (Å²) in [4.78, 5) is 16.4. The molecule has 0 saturated heterocycles. The zero-order chi connectivity index (χ0) is 15.9. The van der Waals surface area contributed by atoms with Gasteiger partial charge in [-0.3, -0.25) is 4.79 Å². The second-order valence-electron chi connectivity index (χ2n) is 5.36. The Morgan fingerprint density at radius 3 is 2.95 bits per heavy atom. The first-order valence-electron chi connectivity index (χ1n) is 7.56. The predicted octanol–water partition coefficient (Wildman–Crippen LogP) is 1.70. The van der Waals surface area contributed by atoms with Crippen LogP contribution in [0.3, 0.4) is 0 Å². The molecule has 5 nitrogen and oxygen atoms in total. The van der Waals surface area contributed by atoms with Crippen molar-refractivity contribution in [2.45, 2.75) is 25.3 Å². The highest BCUT2D eigenvalue weighted by atomic mass is 32.2. The van der Waals surface area contributed by atoms with Crippen molar-refractivity contribution in [3.05, 3.63) is 30.1 Å². The highest BCUT2D eigenvalue weighted by Gasteiger charge is 2.12. The molecule has 0 aliphatic carbocycles. The van der Waals surface area contributed by atoms with Crippen molar-refractivity contribution in [3.63, 3.8) is 0 Å². The number of thioether (sulfide) groups is 1. The Hall–Kier alpha value is -1.53. The Morgan fingerprint density at radius 1 is 1.45 bits per heavy atom. The molecule has 1 aromatic carbocycles. The number of imidazole rings is 1. The van der Waals surface area contributed by atoms with Crippen molar-refractivity contribution in [3.8, 4) is 0 Å². The highest BCUT2D eigenvalue weighted by molar-refractivity contribution is 7.98. The molecule has 1 aromatic heterocycles. The minimum Gasteiger partial charge on any atom is -0.355 e. The van der Waals surface area contributed by atoms with Crippen molar-refractivity contribution >= 4 is 28.7 Å². The molecule has 2 aromatic rings. The van der Waals surface area contributed by atoms with E-state index < -0.39 is 6.04 Å². The van der Waals surface area contributed by atoms with Gasteiger partial charge in [-0.25, -0.2) is 4.98 Å². The smallest absolute Gasteiger partial charge is 0.236 e. The van der Waals surface area contributed by atoms with Crippen LogP contribution in [0.2, 0.25) is 0 Å². The molecule has 0 unspecified atom stereocenters. The van der Waals surface area contributed by atoms with Gasteiger partial charge in [0.05, 0.1) is 17.1 Å². The van der Waals surface area contributed by atoms with Crippen molar-refractivity contribution in [1.29, 1.82) is 0 Å². The van der Waals surface area contributed by atoms with Crippen LogP contribution in [0.4, 0.5) is 0 Å². The number of fused-ring (bicyclic) bond motifs is 1. The largest absolute Gasteiger partial charge is 0.355 e. The van der Waals surface area contributed by atoms with E-state index in [0.29, 0.717) is 6.54 Å². The second kappa shape index (κ2) is 8.19. The molecule has 0 fully saturated rings. The summed E-state index contributed by atoms with van der Waals surface area (Å²) < 4.78 is 2.11. The Labute approximate surface area is 135 Å². The van der Waals surface area contributed by atoms with Crippen LogP contribution in [0, 0.1) is 0 Å². The zero-order valence-electron chi connectivity index (χ0n) is 13.2. The van der Waals surface area contributed by atoms with Gasteiger partial charge >= 0.3 is 0 Å². The molecule has 0 aliphatic rings. The van der Waals surface area contributed by atoms with Gasteiger partial charge in [-0.15, -0.1) is 0 Å². The van der Waals surface area contributed by atoms with E-state index in [1.54, 1.807) is 11.8 Å². The SMILES string of the molecule is CSCC[C@H](N)C(=O)NCCCc1nc2ccccc2n1C. The first-order chi connectivity index (χ1) is 10.6. The van der Waals surface area contributed by atoms with Crippen molar-refractivity contribution in [2.24, 2.45) is 12.8 Å². The minimum absolute atomic E-state index is 0.0564. The highest BCUT2D eigenvalue weighted by Crippen LogP contribution is 2.14. The Balaban J connectivity index is 1.78. The molecule has 0 aliphatic heterocycles. The van der Waals surface area contributed by atoms with E-state index in [9.17, 15) is 4.79 Å². The first-order valence-corrected chi connectivity index (χ1v) is 8.95. The average molecular weight is 320 g/mol. The molecule has 0 spiro atoms. The van der Waals surface area contributed by atoms with E-state index in [2.05, 4.69) is 20.9 Å². The van der Waals surface area contributed by atoms with E-state index in [1.807, 2.05) is 31.5 Å². The number of nitrogens with two attached hydrogens (primary N) is 1. The van der Waals surface area contributed by atoms with Crippen molar-refractivity contribution < 1.29 is 4.79 Å². The number of nitrogens with one attached hydrogen (secondary N) is 1. The Morgan fingerprint density at radius 2 is 2.23 bits per heavy atom. The van der Waals surface area contributed by atoms with Crippen molar-refractivity contribution in [2.75, 3.05) is 18.6 Å². The van der Waals surface area contributed by atoms with Crippen LogP contribution in [0.1, 0.15) is 18.7 Å². The maximum atomic E-state index is 11.8. The molecule has 3 N–H and O–H groups in total. The van der Waals surface area contributed by atoms with E-state index in [0.717, 1.165) is 41.9 Å². The first kappa shape index (κ1) is 16.8. The standard InChI is InChI=1S/C16H24N4OS/c1-20-14-7-4-3-6-13(14)19-15(20)8-5-10-18-16(21)12(17)9-11-22-2/h3-4,6-7,12H,5,8-11,17H2,1-2H3,(H,18,21)/t12-/m0/s1. The molecule has 6 heteroatoms. The van der Waals surface area contributed by atoms with Crippen LogP contribution in [-0.4, -0.2) is 40.1 Å². The van der Waals surface area contributed by atoms with Crippen LogP contribution in [-0.2, 0) is 18.3 Å². The number of amides is 1. The quantitative estimate of drug-likeness (QED) is 0.726. The topological polar surface area (TPSA) is 72.9 Å². The van der Waals surface area contributed by atoms with Gasteiger partial charge in [-0.2, -0.15) is 11.8 Å². The number of carbonyl (C=O) groups is 1. The molecule has 0 saturated carbocycles. The third-order valence-corrected chi connectivity index (χ3v) is 4.37. The predicted molar refractivity (Wildman–Crippen MR) is 93.0 cm³/mol. The number of carbonyl (C=O) groups excluding carboxylic acids is 1. The summed E-state index contributed by atoms with van der Waals surface area (Å²) in [7, 11) is 2.03. The van der Waals surface area contributed by atoms with Gasteiger partial charge < -0.3 is 15.6 Å². The monoisotopic (exact) mass is 320 g/mol. The van der Waals surface area contributed by atoms with Crippen LogP contribution in [0.25, 0.3) is 11.0 Å². The molecule has 1 heterocycles. The van der Waals surface area contributed by atoms with Gasteiger partial charge in [0, 0.05) is 20.0 Å². The fourth-order valence-electron chi connectivity index (χ4n) is 2.38. The number of aryl methyl sites for hydroxylation is 2. The third-order valence-electron chi connectivity index (χ3n) is 3.73. The summed E-state index contributed by atoms with van der Waals surface area (Å²) in [6.45, 7) is 0.634. The van der Waals surface area contributed by atoms with E-state index in [1.165, 1.54) is 0 Å². The number of hydrogen-bond donors (Lipinski definition) is 2. The zero-order valence-corrected chi connectivity index (χ0v) is 14.0. The second-order valence-corrected chi connectivity index (χ2v) is 6.34. The number of hydrogen-bond acceptors (Lipinski definition) is 4. The lowest BCUT2D eigenvalue weighted by Gasteiger charge is -2.11. The molecule has 120 valence electrons. The molecular formula is C16H24N4OS. The third kappa shape index (κ3) is 4.24. The van der Waals surface area contributed by atoms with Gasteiger partial charge in [-0.1, -0.05) is 12.1 Å². The lowest BCUT2D eigenvalue weighted by molar-refractivity contribution is -0.122. The number of benzene rings is 1. The summed E-state index contributed by atoms with van der Waals surface area (Å²) in [5, 5.41) is 2.90. The fraction of sp³-hybridized carbons (Fsp3) is 0.500. The molecule has 1 amide bonds. The minimum atomic E-state index is -0.400. The van der Waals surface area contributed by atoms with Gasteiger partial charge in [0.15, 0.2) is 0 Å². The maximum Gasteiger partial charge on any atom is 0.236 e. The van der Waals surface area contributed by atoms with E-state index in [4.69, 9.17) is 5.73 Å². The van der Waals surface area contributed by atoms with Crippen LogP contribution in [0.15, 0.2) is 24.3 Å². The number of nitrogens with zero attached hydrogens (tertiary/aromatic N) is 2. The number of rotatable bonds is 8. The average Bonchev–Trinajstić information content (AvgIpc) is 2.85. The van der Waals surface area contributed by atoms with Crippen LogP contribution in [0.5, 0.6) is 0 Å². The fourth-order valence-corrected chi connectivity index (χ4v) is 2.87. The summed E-state index contributed by atoms with van der Waals surface area (Å²) in [6.07, 6.45) is 4.43. The molecule has 1 atom stereocenters. The number of aromatic nitrogens is 2. The molecule has 2 rings (SSSR count). The van der Waals surface area contributed by atoms with Gasteiger partial charge in [-0.05, 0) is 37.0 Å². The van der Waals surface area contributed by atoms with Gasteiger partial charge in [0.25, 0.3) is 0 Å². The molecular weight excluding hydrogens is 296 g/mol. The maximum absolute atomic E-state index is 11.8. The summed E-state index contributed by atoms with van der Waals surface area (Å²) in [5.74, 6) is 1.90. The van der Waals surface area contributed by atoms with Crippen LogP contribution >= 0.6 is 11.8 Å². The Bertz CT molecular complexity index is 626. The molecule has 22 heavy (non-hydrogen) atoms. The number of para-hydroxylation sites is 2. The normalized spacial score (nSPS) is 12.5. The van der Waals surface area contributed by atoms with Gasteiger partial charge in [0.2, 0.25) is 5.91 Å². The summed E-state index contributed by atoms with van der Waals surface area (Å²) in [5.41, 5.74) is 7.99. The van der Waals surface area contributed by atoms with Gasteiger partial charge in [0.1, 0.15) is 5.82 Å². The van der Waals surface area contributed by atoms with E-state index >= 15 is 0 Å². The summed E-state index contributed by atoms with van der Waals surface area (Å²) in [6, 6.07) is 7.70. The Kier molecular flexibility index (Phi) is 6.27. The van der Waals surface area contributed by atoms with E-state index in [-0.39, 0.29) is 5.91 Å². The summed E-state index contributed by atoms with van der Waals surface area (Å²) >= 11 is 1.71. The van der Waals surface area contributed by atoms with Crippen molar-refractivity contribution in [1.82, 2.24) is 14.9 Å². The lowest BCUT2D eigenvalue weighted by Crippen LogP contribution is -2.41. The lowest BCUT2D eigenvalue weighted by atomic mass is 10.2. The molecule has 0 radical (unpaired) electrons. The molecule has 0 bridgehead atoms. The van der Waals surface area contributed by atoms with Crippen LogP contribution < -0.4 is 11.1 Å².